The second-order valence-electron chi connectivity index (χ2n) is 9.79. The van der Waals surface area contributed by atoms with Crippen LogP contribution in [0.25, 0.3) is 11.3 Å². The van der Waals surface area contributed by atoms with E-state index in [1.165, 1.54) is 16.4 Å². The molecule has 206 valence electrons. The maximum atomic E-state index is 13.3. The number of amides is 1. The molecule has 2 aromatic carbocycles. The van der Waals surface area contributed by atoms with Gasteiger partial charge in [0.05, 0.1) is 22.8 Å². The quantitative estimate of drug-likeness (QED) is 0.435. The van der Waals surface area contributed by atoms with Crippen molar-refractivity contribution in [1.82, 2.24) is 24.5 Å². The van der Waals surface area contributed by atoms with Crippen LogP contribution in [0.15, 0.2) is 64.0 Å². The number of anilines is 1. The highest BCUT2D eigenvalue weighted by Gasteiger charge is 2.39. The topological polar surface area (TPSA) is 98.7 Å². The highest BCUT2D eigenvalue weighted by Crippen LogP contribution is 2.27. The number of hydrogen-bond donors (Lipinski definition) is 1. The Morgan fingerprint density at radius 3 is 2.41 bits per heavy atom. The second-order valence-corrected chi connectivity index (χ2v) is 12.6. The summed E-state index contributed by atoms with van der Waals surface area (Å²) in [5.41, 5.74) is 2.31. The molecule has 0 saturated carbocycles. The van der Waals surface area contributed by atoms with Crippen molar-refractivity contribution in [3.05, 3.63) is 70.6 Å². The van der Waals surface area contributed by atoms with Crippen molar-refractivity contribution >= 4 is 37.8 Å². The van der Waals surface area contributed by atoms with E-state index in [2.05, 4.69) is 38.1 Å². The van der Waals surface area contributed by atoms with Crippen molar-refractivity contribution in [3.8, 4) is 11.3 Å². The van der Waals surface area contributed by atoms with Crippen LogP contribution in [0.3, 0.4) is 0 Å². The predicted octanol–water partition coefficient (Wildman–Crippen LogP) is 3.27. The summed E-state index contributed by atoms with van der Waals surface area (Å²) in [5, 5.41) is 2.90. The van der Waals surface area contributed by atoms with Gasteiger partial charge < -0.3 is 15.1 Å². The number of nitrogens with one attached hydrogen (secondary N) is 1. The molecule has 0 spiro atoms. The van der Waals surface area contributed by atoms with Crippen molar-refractivity contribution in [2.45, 2.75) is 30.3 Å². The van der Waals surface area contributed by atoms with Gasteiger partial charge in [-0.05, 0) is 62.4 Å². The van der Waals surface area contributed by atoms with E-state index >= 15 is 0 Å². The minimum atomic E-state index is -3.94. The highest BCUT2D eigenvalue weighted by atomic mass is 79.9. The molecule has 2 saturated heterocycles. The summed E-state index contributed by atoms with van der Waals surface area (Å²) in [4.78, 5) is 27.2. The molecule has 0 radical (unpaired) electrons. The van der Waals surface area contributed by atoms with Gasteiger partial charge in [0.1, 0.15) is 11.9 Å². The first-order chi connectivity index (χ1) is 18.7. The van der Waals surface area contributed by atoms with Gasteiger partial charge in [-0.15, -0.1) is 0 Å². The normalized spacial score (nSPS) is 18.8. The number of halogens is 2. The van der Waals surface area contributed by atoms with Crippen molar-refractivity contribution in [3.63, 3.8) is 0 Å². The number of benzene rings is 2. The van der Waals surface area contributed by atoms with Gasteiger partial charge in [0, 0.05) is 42.8 Å². The molecule has 2 fully saturated rings. The molecule has 0 aliphatic carbocycles. The summed E-state index contributed by atoms with van der Waals surface area (Å²) in [7, 11) is -1.86. The number of piperazine rings is 1. The van der Waals surface area contributed by atoms with E-state index in [-0.39, 0.29) is 23.9 Å². The lowest BCUT2D eigenvalue weighted by Crippen LogP contribution is -2.46. The predicted molar refractivity (Wildman–Crippen MR) is 150 cm³/mol. The van der Waals surface area contributed by atoms with Crippen LogP contribution in [0, 0.1) is 5.82 Å². The third-order valence-electron chi connectivity index (χ3n) is 7.06. The smallest absolute Gasteiger partial charge is 0.243 e. The van der Waals surface area contributed by atoms with Crippen LogP contribution in [0.5, 0.6) is 0 Å². The zero-order valence-electron chi connectivity index (χ0n) is 21.6. The molecular weight excluding hydrogens is 587 g/mol. The number of carbonyl (C=O) groups is 1. The summed E-state index contributed by atoms with van der Waals surface area (Å²) >= 11 is 3.47. The maximum absolute atomic E-state index is 13.3. The average Bonchev–Trinajstić information content (AvgIpc) is 3.44. The summed E-state index contributed by atoms with van der Waals surface area (Å²) in [6, 6.07) is 13.5. The SMILES string of the molecule is CN1CCN(c2nc(CNC(=O)[C@@H]3CCCN3S(=O)(=O)c3ccc(F)cc3)cc(-c3ccc(Br)cc3)n2)CC1. The number of carbonyl (C=O) groups excluding carboxylic acids is 1. The van der Waals surface area contributed by atoms with Gasteiger partial charge in [-0.2, -0.15) is 4.31 Å². The van der Waals surface area contributed by atoms with Gasteiger partial charge in [-0.3, -0.25) is 4.79 Å². The van der Waals surface area contributed by atoms with Gasteiger partial charge in [-0.25, -0.2) is 22.8 Å². The molecule has 2 aliphatic heterocycles. The Hall–Kier alpha value is -2.93. The third kappa shape index (κ3) is 6.29. The first-order valence-electron chi connectivity index (χ1n) is 12.8. The minimum Gasteiger partial charge on any atom is -0.349 e. The van der Waals surface area contributed by atoms with Gasteiger partial charge in [0.15, 0.2) is 0 Å². The van der Waals surface area contributed by atoms with Gasteiger partial charge in [-0.1, -0.05) is 28.1 Å². The van der Waals surface area contributed by atoms with Crippen LogP contribution in [0.4, 0.5) is 10.3 Å². The van der Waals surface area contributed by atoms with Crippen LogP contribution in [-0.4, -0.2) is 79.3 Å². The highest BCUT2D eigenvalue weighted by molar-refractivity contribution is 9.10. The van der Waals surface area contributed by atoms with Crippen LogP contribution in [0.2, 0.25) is 0 Å². The Morgan fingerprint density at radius 1 is 1.03 bits per heavy atom. The molecule has 3 aromatic rings. The number of nitrogens with zero attached hydrogens (tertiary/aromatic N) is 5. The first-order valence-corrected chi connectivity index (χ1v) is 15.1. The Bertz CT molecular complexity index is 1430. The summed E-state index contributed by atoms with van der Waals surface area (Å²) < 4.78 is 41.9. The average molecular weight is 618 g/mol. The fraction of sp³-hybridized carbons (Fsp3) is 0.370. The monoisotopic (exact) mass is 616 g/mol. The Morgan fingerprint density at radius 2 is 1.72 bits per heavy atom. The van der Waals surface area contributed by atoms with E-state index in [0.29, 0.717) is 24.5 Å². The lowest BCUT2D eigenvalue weighted by atomic mass is 10.1. The first kappa shape index (κ1) is 27.6. The van der Waals surface area contributed by atoms with Crippen LogP contribution in [0.1, 0.15) is 18.5 Å². The molecule has 1 N–H and O–H groups in total. The van der Waals surface area contributed by atoms with Crippen molar-refractivity contribution < 1.29 is 17.6 Å². The van der Waals surface area contributed by atoms with Crippen molar-refractivity contribution in [2.75, 3.05) is 44.7 Å². The largest absolute Gasteiger partial charge is 0.349 e. The van der Waals surface area contributed by atoms with E-state index < -0.39 is 21.9 Å². The molecule has 2 aliphatic rings. The second kappa shape index (κ2) is 11.7. The lowest BCUT2D eigenvalue weighted by Gasteiger charge is -2.32. The van der Waals surface area contributed by atoms with E-state index in [0.717, 1.165) is 54.0 Å². The van der Waals surface area contributed by atoms with Crippen molar-refractivity contribution in [1.29, 1.82) is 0 Å². The number of hydrogen-bond acceptors (Lipinski definition) is 7. The maximum Gasteiger partial charge on any atom is 0.243 e. The molecular formula is C27H30BrFN6O3S. The van der Waals surface area contributed by atoms with Gasteiger partial charge >= 0.3 is 0 Å². The molecule has 0 bridgehead atoms. The lowest BCUT2D eigenvalue weighted by molar-refractivity contribution is -0.124. The minimum absolute atomic E-state index is 0.0321. The number of likely N-dealkylation sites (N-methyl/N-ethyl adjacent to an activating group) is 1. The molecule has 1 amide bonds. The summed E-state index contributed by atoms with van der Waals surface area (Å²) in [5.74, 6) is -0.301. The Balaban J connectivity index is 1.35. The van der Waals surface area contributed by atoms with Crippen LogP contribution in [-0.2, 0) is 21.4 Å². The third-order valence-corrected chi connectivity index (χ3v) is 9.51. The number of rotatable bonds is 7. The number of sulfonamides is 1. The fourth-order valence-corrected chi connectivity index (χ4v) is 6.74. The summed E-state index contributed by atoms with van der Waals surface area (Å²) in [6.45, 7) is 3.75. The molecule has 5 rings (SSSR count). The van der Waals surface area contributed by atoms with E-state index in [4.69, 9.17) is 9.97 Å². The van der Waals surface area contributed by atoms with Gasteiger partial charge in [0.25, 0.3) is 0 Å². The molecule has 12 heteroatoms. The standard InChI is InChI=1S/C27H30BrFN6O3S/c1-33-13-15-34(16-14-33)27-31-22(17-24(32-27)19-4-6-20(28)7-5-19)18-30-26(36)25-3-2-12-35(25)39(37,38)23-10-8-21(29)9-11-23/h4-11,17,25H,2-3,12-16,18H2,1H3,(H,30,36)/t25-/m0/s1. The molecule has 0 unspecified atom stereocenters. The zero-order valence-corrected chi connectivity index (χ0v) is 24.0. The van der Waals surface area contributed by atoms with E-state index in [1.54, 1.807) is 0 Å². The van der Waals surface area contributed by atoms with Crippen LogP contribution >= 0.6 is 15.9 Å². The Kier molecular flexibility index (Phi) is 8.27. The molecule has 3 heterocycles. The van der Waals surface area contributed by atoms with E-state index in [1.807, 2.05) is 30.3 Å². The fourth-order valence-electron chi connectivity index (χ4n) is 4.82. The molecule has 1 atom stereocenters. The number of aromatic nitrogens is 2. The van der Waals surface area contributed by atoms with E-state index in [9.17, 15) is 17.6 Å². The zero-order chi connectivity index (χ0) is 27.6. The van der Waals surface area contributed by atoms with Gasteiger partial charge in [0.2, 0.25) is 21.9 Å². The summed E-state index contributed by atoms with van der Waals surface area (Å²) in [6.07, 6.45) is 0.972. The van der Waals surface area contributed by atoms with Crippen LogP contribution < -0.4 is 10.2 Å². The molecule has 9 nitrogen and oxygen atoms in total. The Labute approximate surface area is 236 Å². The molecule has 39 heavy (non-hydrogen) atoms. The molecule has 1 aromatic heterocycles. The van der Waals surface area contributed by atoms with Crippen molar-refractivity contribution in [2.24, 2.45) is 0 Å².